The van der Waals surface area contributed by atoms with Gasteiger partial charge in [-0.25, -0.2) is 0 Å². The van der Waals surface area contributed by atoms with Crippen LogP contribution in [0.5, 0.6) is 5.75 Å². The lowest BCUT2D eigenvalue weighted by Crippen LogP contribution is -2.47. The number of carbonyl (C=O) groups is 1. The summed E-state index contributed by atoms with van der Waals surface area (Å²) in [6.45, 7) is -2.80. The van der Waals surface area contributed by atoms with Crippen LogP contribution in [0.15, 0.2) is 16.6 Å². The van der Waals surface area contributed by atoms with Crippen molar-refractivity contribution in [3.63, 3.8) is 0 Å². The molecule has 0 atom stereocenters. The first-order valence-electron chi connectivity index (χ1n) is 6.33. The summed E-state index contributed by atoms with van der Waals surface area (Å²) in [6, 6.07) is 2.78. The van der Waals surface area contributed by atoms with Crippen molar-refractivity contribution in [2.45, 2.75) is 25.9 Å². The maximum absolute atomic E-state index is 12.5. The van der Waals surface area contributed by atoms with Crippen LogP contribution < -0.4 is 15.8 Å². The predicted octanol–water partition coefficient (Wildman–Crippen LogP) is 3.77. The lowest BCUT2D eigenvalue weighted by molar-refractivity contribution is -0.129. The zero-order valence-corrected chi connectivity index (χ0v) is 13.3. The highest BCUT2D eigenvalue weighted by Gasteiger charge is 2.43. The number of nitrogens with one attached hydrogen (secondary N) is 1. The number of anilines is 1. The van der Waals surface area contributed by atoms with Gasteiger partial charge >= 0.3 is 6.61 Å². The molecule has 0 heterocycles. The van der Waals surface area contributed by atoms with Crippen molar-refractivity contribution in [2.24, 2.45) is 11.1 Å². The van der Waals surface area contributed by atoms with E-state index in [-0.39, 0.29) is 33.4 Å². The van der Waals surface area contributed by atoms with Gasteiger partial charge in [0.05, 0.1) is 15.6 Å². The molecule has 0 saturated heterocycles. The highest BCUT2D eigenvalue weighted by Crippen LogP contribution is 2.43. The van der Waals surface area contributed by atoms with Crippen LogP contribution in [0.1, 0.15) is 19.3 Å². The van der Waals surface area contributed by atoms with Gasteiger partial charge in [-0.05, 0) is 40.9 Å². The Bertz CT molecular complexity index is 548. The quantitative estimate of drug-likeness (QED) is 0.813. The summed E-state index contributed by atoms with van der Waals surface area (Å²) in [5.74, 6) is -0.459. The molecule has 0 aromatic heterocycles. The molecule has 116 valence electrons. The van der Waals surface area contributed by atoms with E-state index in [0.717, 1.165) is 6.42 Å². The van der Waals surface area contributed by atoms with E-state index < -0.39 is 12.0 Å². The van der Waals surface area contributed by atoms with Crippen LogP contribution in [0.4, 0.5) is 14.5 Å². The molecule has 21 heavy (non-hydrogen) atoms. The van der Waals surface area contributed by atoms with Crippen molar-refractivity contribution in [3.05, 3.63) is 21.6 Å². The van der Waals surface area contributed by atoms with Gasteiger partial charge in [0.1, 0.15) is 0 Å². The number of amides is 1. The number of hydrogen-bond acceptors (Lipinski definition) is 3. The van der Waals surface area contributed by atoms with Gasteiger partial charge in [-0.2, -0.15) is 8.78 Å². The zero-order valence-electron chi connectivity index (χ0n) is 11.0. The number of nitrogens with two attached hydrogens (primary N) is 1. The minimum Gasteiger partial charge on any atom is -0.431 e. The maximum atomic E-state index is 12.5. The second-order valence-corrected chi connectivity index (χ2v) is 6.23. The summed E-state index contributed by atoms with van der Waals surface area (Å²) in [6.07, 6.45) is 2.29. The van der Waals surface area contributed by atoms with Crippen molar-refractivity contribution in [1.82, 2.24) is 0 Å². The third kappa shape index (κ3) is 3.46. The summed E-state index contributed by atoms with van der Waals surface area (Å²) in [5, 5.41) is 2.89. The van der Waals surface area contributed by atoms with Crippen molar-refractivity contribution < 1.29 is 18.3 Å². The van der Waals surface area contributed by atoms with E-state index in [9.17, 15) is 13.6 Å². The molecule has 1 amide bonds. The van der Waals surface area contributed by atoms with Gasteiger partial charge in [0.25, 0.3) is 0 Å². The topological polar surface area (TPSA) is 64.4 Å². The van der Waals surface area contributed by atoms with Crippen LogP contribution in [0.2, 0.25) is 5.02 Å². The molecule has 1 aliphatic carbocycles. The Kier molecular flexibility index (Phi) is 5.06. The standard InChI is InChI=1S/C13H14BrClF2N2O2/c14-8-4-7(15)5-9(10(8)21-12(16)17)19-11(20)13(6-18)2-1-3-13/h4-5,12H,1-3,6,18H2,(H,19,20). The molecular weight excluding hydrogens is 370 g/mol. The van der Waals surface area contributed by atoms with Gasteiger partial charge in [0.15, 0.2) is 5.75 Å². The van der Waals surface area contributed by atoms with Crippen LogP contribution in [0.25, 0.3) is 0 Å². The molecule has 0 spiro atoms. The Hall–Kier alpha value is -0.920. The fourth-order valence-corrected chi connectivity index (χ4v) is 3.15. The normalized spacial score (nSPS) is 16.5. The average Bonchev–Trinajstić information content (AvgIpc) is 2.32. The van der Waals surface area contributed by atoms with Gasteiger partial charge in [0.2, 0.25) is 5.91 Å². The Morgan fingerprint density at radius 1 is 1.52 bits per heavy atom. The van der Waals surface area contributed by atoms with Crippen molar-refractivity contribution in [3.8, 4) is 5.75 Å². The second-order valence-electron chi connectivity index (χ2n) is 4.93. The summed E-state index contributed by atoms with van der Waals surface area (Å²) < 4.78 is 29.7. The van der Waals surface area contributed by atoms with E-state index >= 15 is 0 Å². The van der Waals surface area contributed by atoms with E-state index in [1.54, 1.807) is 0 Å². The first-order valence-corrected chi connectivity index (χ1v) is 7.50. The Balaban J connectivity index is 2.28. The molecule has 0 radical (unpaired) electrons. The first kappa shape index (κ1) is 16.5. The third-order valence-electron chi connectivity index (χ3n) is 3.65. The Morgan fingerprint density at radius 3 is 2.67 bits per heavy atom. The van der Waals surface area contributed by atoms with E-state index in [0.29, 0.717) is 12.8 Å². The van der Waals surface area contributed by atoms with Gasteiger partial charge in [-0.15, -0.1) is 0 Å². The largest absolute Gasteiger partial charge is 0.431 e. The van der Waals surface area contributed by atoms with E-state index in [2.05, 4.69) is 26.0 Å². The SMILES string of the molecule is NCC1(C(=O)Nc2cc(Cl)cc(Br)c2OC(F)F)CCC1. The van der Waals surface area contributed by atoms with E-state index in [1.807, 2.05) is 0 Å². The minimum atomic E-state index is -3.01. The van der Waals surface area contributed by atoms with Crippen molar-refractivity contribution in [2.75, 3.05) is 11.9 Å². The molecule has 4 nitrogen and oxygen atoms in total. The fraction of sp³-hybridized carbons (Fsp3) is 0.462. The van der Waals surface area contributed by atoms with E-state index in [4.69, 9.17) is 17.3 Å². The number of ether oxygens (including phenoxy) is 1. The molecule has 1 saturated carbocycles. The zero-order chi connectivity index (χ0) is 15.6. The molecular formula is C13H14BrClF2N2O2. The number of hydrogen-bond donors (Lipinski definition) is 2. The number of rotatable bonds is 5. The predicted molar refractivity (Wildman–Crippen MR) is 79.8 cm³/mol. The van der Waals surface area contributed by atoms with E-state index in [1.165, 1.54) is 12.1 Å². The summed E-state index contributed by atoms with van der Waals surface area (Å²) >= 11 is 8.99. The molecule has 0 unspecified atom stereocenters. The van der Waals surface area contributed by atoms with Crippen LogP contribution in [-0.4, -0.2) is 19.1 Å². The Labute approximate surface area is 134 Å². The molecule has 1 aliphatic rings. The van der Waals surface area contributed by atoms with Crippen LogP contribution in [0.3, 0.4) is 0 Å². The third-order valence-corrected chi connectivity index (χ3v) is 4.45. The van der Waals surface area contributed by atoms with Crippen LogP contribution in [0, 0.1) is 5.41 Å². The molecule has 1 fully saturated rings. The van der Waals surface area contributed by atoms with Gasteiger partial charge in [-0.1, -0.05) is 18.0 Å². The fourth-order valence-electron chi connectivity index (χ4n) is 2.24. The van der Waals surface area contributed by atoms with Crippen molar-refractivity contribution in [1.29, 1.82) is 0 Å². The molecule has 1 aromatic carbocycles. The minimum absolute atomic E-state index is 0.0967. The number of alkyl halides is 2. The average molecular weight is 384 g/mol. The Morgan fingerprint density at radius 2 is 2.19 bits per heavy atom. The van der Waals surface area contributed by atoms with Crippen molar-refractivity contribution >= 4 is 39.1 Å². The smallest absolute Gasteiger partial charge is 0.387 e. The molecule has 2 rings (SSSR count). The molecule has 0 bridgehead atoms. The maximum Gasteiger partial charge on any atom is 0.387 e. The molecule has 1 aromatic rings. The molecule has 8 heteroatoms. The highest BCUT2D eigenvalue weighted by atomic mass is 79.9. The number of benzene rings is 1. The summed E-state index contributed by atoms with van der Waals surface area (Å²) in [7, 11) is 0. The number of halogens is 4. The van der Waals surface area contributed by atoms with Crippen LogP contribution >= 0.6 is 27.5 Å². The van der Waals surface area contributed by atoms with Gasteiger partial charge < -0.3 is 15.8 Å². The van der Waals surface area contributed by atoms with Gasteiger partial charge in [-0.3, -0.25) is 4.79 Å². The first-order chi connectivity index (χ1) is 9.88. The van der Waals surface area contributed by atoms with Gasteiger partial charge in [0, 0.05) is 11.6 Å². The summed E-state index contributed by atoms with van der Waals surface area (Å²) in [5.41, 5.74) is 5.12. The highest BCUT2D eigenvalue weighted by molar-refractivity contribution is 9.10. The second kappa shape index (κ2) is 6.46. The molecule has 3 N–H and O–H groups in total. The summed E-state index contributed by atoms with van der Waals surface area (Å²) in [4.78, 5) is 12.3. The monoisotopic (exact) mass is 382 g/mol. The number of carbonyl (C=O) groups excluding carboxylic acids is 1. The molecule has 0 aliphatic heterocycles. The lowest BCUT2D eigenvalue weighted by Gasteiger charge is -2.39. The van der Waals surface area contributed by atoms with Crippen LogP contribution in [-0.2, 0) is 4.79 Å². The lowest BCUT2D eigenvalue weighted by atomic mass is 9.68.